The van der Waals surface area contributed by atoms with Gasteiger partial charge in [-0.15, -0.1) is 6.42 Å². The first-order chi connectivity index (χ1) is 17.1. The third-order valence-electron chi connectivity index (χ3n) is 6.29. The first kappa shape index (κ1) is 29.2. The number of nitrogens with one attached hydrogen (secondary N) is 2. The molecule has 2 rings (SSSR count). The molecule has 2 unspecified atom stereocenters. The van der Waals surface area contributed by atoms with Crippen LogP contribution in [0.5, 0.6) is 0 Å². The normalized spacial score (nSPS) is 15.8. The van der Waals surface area contributed by atoms with E-state index in [4.69, 9.17) is 11.2 Å². The van der Waals surface area contributed by atoms with Gasteiger partial charge in [-0.2, -0.15) is 0 Å². The van der Waals surface area contributed by atoms with Gasteiger partial charge in [-0.05, 0) is 64.7 Å². The highest BCUT2D eigenvalue weighted by atomic mass is 16.6. The molecule has 0 radical (unpaired) electrons. The smallest absolute Gasteiger partial charge is 0.408 e. The van der Waals surface area contributed by atoms with Crippen molar-refractivity contribution in [2.75, 3.05) is 6.54 Å². The Morgan fingerprint density at radius 3 is 2.31 bits per heavy atom. The number of rotatable bonds is 10. The number of hydrogen-bond donors (Lipinski definition) is 2. The highest BCUT2D eigenvalue weighted by molar-refractivity contribution is 5.92. The van der Waals surface area contributed by atoms with Gasteiger partial charge in [0, 0.05) is 18.2 Å². The molecule has 0 spiro atoms. The van der Waals surface area contributed by atoms with Crippen molar-refractivity contribution in [1.29, 1.82) is 0 Å². The number of unbranched alkanes of at least 4 members (excludes halogenated alkanes) is 2. The number of amides is 3. The number of terminal acetylenes is 1. The quantitative estimate of drug-likeness (QED) is 0.348. The van der Waals surface area contributed by atoms with Crippen molar-refractivity contribution in [3.05, 3.63) is 35.4 Å². The topological polar surface area (TPSA) is 87.7 Å². The number of benzene rings is 1. The molecule has 7 nitrogen and oxygen atoms in total. The van der Waals surface area contributed by atoms with Gasteiger partial charge in [-0.1, -0.05) is 57.1 Å². The minimum absolute atomic E-state index is 0.101. The molecule has 2 N–H and O–H groups in total. The Bertz CT molecular complexity index is 908. The molecule has 36 heavy (non-hydrogen) atoms. The van der Waals surface area contributed by atoms with E-state index < -0.39 is 23.8 Å². The van der Waals surface area contributed by atoms with Crippen LogP contribution in [0.15, 0.2) is 24.3 Å². The molecule has 7 heteroatoms. The van der Waals surface area contributed by atoms with Crippen molar-refractivity contribution in [2.45, 2.75) is 110 Å². The van der Waals surface area contributed by atoms with E-state index in [0.29, 0.717) is 17.7 Å². The second-order valence-corrected chi connectivity index (χ2v) is 10.6. The summed E-state index contributed by atoms with van der Waals surface area (Å²) in [7, 11) is 0. The maximum atomic E-state index is 13.7. The SMILES string of the molecule is C#Cc1ccc(C(C(=O)NC2CCCCC2)N(CCCCC)C(=O)C(C)NC(=O)OC(C)(C)C)cc1. The van der Waals surface area contributed by atoms with E-state index in [2.05, 4.69) is 23.5 Å². The lowest BCUT2D eigenvalue weighted by Gasteiger charge is -2.35. The fourth-order valence-corrected chi connectivity index (χ4v) is 4.46. The van der Waals surface area contributed by atoms with Gasteiger partial charge in [-0.25, -0.2) is 4.79 Å². The largest absolute Gasteiger partial charge is 0.444 e. The molecule has 1 fully saturated rings. The molecular formula is C29H43N3O4. The fourth-order valence-electron chi connectivity index (χ4n) is 4.46. The van der Waals surface area contributed by atoms with Crippen LogP contribution in [0, 0.1) is 12.3 Å². The molecule has 1 aliphatic rings. The van der Waals surface area contributed by atoms with Gasteiger partial charge in [0.15, 0.2) is 0 Å². The number of alkyl carbamates (subject to hydrolysis) is 1. The maximum absolute atomic E-state index is 13.7. The molecule has 1 aromatic rings. The lowest BCUT2D eigenvalue weighted by molar-refractivity contribution is -0.142. The van der Waals surface area contributed by atoms with E-state index in [1.54, 1.807) is 44.7 Å². The molecule has 2 atom stereocenters. The van der Waals surface area contributed by atoms with Crippen LogP contribution in [0.25, 0.3) is 0 Å². The predicted octanol–water partition coefficient (Wildman–Crippen LogP) is 5.09. The first-order valence-electron chi connectivity index (χ1n) is 13.2. The molecular weight excluding hydrogens is 454 g/mol. The zero-order valence-corrected chi connectivity index (χ0v) is 22.6. The highest BCUT2D eigenvalue weighted by Gasteiger charge is 2.35. The lowest BCUT2D eigenvalue weighted by atomic mass is 9.94. The van der Waals surface area contributed by atoms with Crippen LogP contribution in [-0.2, 0) is 14.3 Å². The summed E-state index contributed by atoms with van der Waals surface area (Å²) in [5.74, 6) is 2.06. The Kier molecular flexibility index (Phi) is 11.3. The van der Waals surface area contributed by atoms with E-state index >= 15 is 0 Å². The minimum Gasteiger partial charge on any atom is -0.444 e. The molecule has 1 saturated carbocycles. The van der Waals surface area contributed by atoms with Crippen molar-refractivity contribution < 1.29 is 19.1 Å². The Hall–Kier alpha value is -3.01. The summed E-state index contributed by atoms with van der Waals surface area (Å²) in [4.78, 5) is 41.4. The van der Waals surface area contributed by atoms with Crippen molar-refractivity contribution in [3.8, 4) is 12.3 Å². The summed E-state index contributed by atoms with van der Waals surface area (Å²) in [5.41, 5.74) is 0.708. The molecule has 1 aromatic carbocycles. The number of hydrogen-bond acceptors (Lipinski definition) is 4. The molecule has 0 heterocycles. The Morgan fingerprint density at radius 2 is 1.75 bits per heavy atom. The Labute approximate surface area is 216 Å². The summed E-state index contributed by atoms with van der Waals surface area (Å²) in [6.07, 6.45) is 12.7. The van der Waals surface area contributed by atoms with E-state index in [1.807, 2.05) is 12.1 Å². The standard InChI is InChI=1S/C29H43N3O4/c1-7-9-13-20-32(27(34)21(3)30-28(35)36-29(4,5)6)25(23-18-16-22(8-2)17-19-23)26(33)31-24-14-11-10-12-15-24/h2,16-19,21,24-25H,7,9-15,20H2,1,3-6H3,(H,30,35)(H,31,33). The molecule has 0 aromatic heterocycles. The third kappa shape index (κ3) is 9.22. The van der Waals surface area contributed by atoms with Gasteiger partial charge < -0.3 is 20.3 Å². The van der Waals surface area contributed by atoms with Crippen LogP contribution in [0.4, 0.5) is 4.79 Å². The molecule has 0 bridgehead atoms. The van der Waals surface area contributed by atoms with Crippen LogP contribution in [0.3, 0.4) is 0 Å². The zero-order chi connectivity index (χ0) is 26.7. The summed E-state index contributed by atoms with van der Waals surface area (Å²) >= 11 is 0. The van der Waals surface area contributed by atoms with Crippen molar-refractivity contribution in [1.82, 2.24) is 15.5 Å². The third-order valence-corrected chi connectivity index (χ3v) is 6.29. The number of carbonyl (C=O) groups excluding carboxylic acids is 3. The average molecular weight is 498 g/mol. The van der Waals surface area contributed by atoms with Gasteiger partial charge in [0.2, 0.25) is 11.8 Å². The summed E-state index contributed by atoms with van der Waals surface area (Å²) in [5, 5.41) is 5.84. The number of ether oxygens (including phenoxy) is 1. The van der Waals surface area contributed by atoms with Gasteiger partial charge in [-0.3, -0.25) is 9.59 Å². The second-order valence-electron chi connectivity index (χ2n) is 10.6. The van der Waals surface area contributed by atoms with E-state index in [9.17, 15) is 14.4 Å². The molecule has 0 saturated heterocycles. The summed E-state index contributed by atoms with van der Waals surface area (Å²) in [6.45, 7) is 9.40. The van der Waals surface area contributed by atoms with Crippen molar-refractivity contribution in [2.24, 2.45) is 0 Å². The second kappa shape index (κ2) is 13.9. The van der Waals surface area contributed by atoms with Crippen LogP contribution in [-0.4, -0.2) is 47.0 Å². The zero-order valence-electron chi connectivity index (χ0n) is 22.6. The van der Waals surface area contributed by atoms with E-state index in [1.165, 1.54) is 6.42 Å². The predicted molar refractivity (Wildman–Crippen MR) is 142 cm³/mol. The summed E-state index contributed by atoms with van der Waals surface area (Å²) in [6, 6.07) is 5.60. The monoisotopic (exact) mass is 497 g/mol. The van der Waals surface area contributed by atoms with Gasteiger partial charge in [0.25, 0.3) is 0 Å². The van der Waals surface area contributed by atoms with E-state index in [0.717, 1.165) is 44.9 Å². The average Bonchev–Trinajstić information content (AvgIpc) is 2.82. The Morgan fingerprint density at radius 1 is 1.11 bits per heavy atom. The highest BCUT2D eigenvalue weighted by Crippen LogP contribution is 2.26. The first-order valence-corrected chi connectivity index (χ1v) is 13.2. The molecule has 1 aliphatic carbocycles. The van der Waals surface area contributed by atoms with Crippen molar-refractivity contribution >= 4 is 17.9 Å². The van der Waals surface area contributed by atoms with Gasteiger partial charge >= 0.3 is 6.09 Å². The number of carbonyl (C=O) groups is 3. The maximum Gasteiger partial charge on any atom is 0.408 e. The van der Waals surface area contributed by atoms with Crippen LogP contribution in [0.2, 0.25) is 0 Å². The van der Waals surface area contributed by atoms with Crippen molar-refractivity contribution in [3.63, 3.8) is 0 Å². The fraction of sp³-hybridized carbons (Fsp3) is 0.621. The van der Waals surface area contributed by atoms with E-state index in [-0.39, 0.29) is 17.9 Å². The molecule has 3 amide bonds. The minimum atomic E-state index is -0.864. The van der Waals surface area contributed by atoms with Crippen LogP contribution < -0.4 is 10.6 Å². The number of nitrogens with zero attached hydrogens (tertiary/aromatic N) is 1. The Balaban J connectivity index is 2.36. The lowest BCUT2D eigenvalue weighted by Crippen LogP contribution is -2.53. The van der Waals surface area contributed by atoms with Crippen LogP contribution >= 0.6 is 0 Å². The molecule has 198 valence electrons. The van der Waals surface area contributed by atoms with Crippen LogP contribution in [0.1, 0.15) is 103 Å². The summed E-state index contributed by atoms with van der Waals surface area (Å²) < 4.78 is 5.34. The van der Waals surface area contributed by atoms with Gasteiger partial charge in [0.1, 0.15) is 17.7 Å². The van der Waals surface area contributed by atoms with Gasteiger partial charge in [0.05, 0.1) is 0 Å². The molecule has 0 aliphatic heterocycles.